The third-order valence-electron chi connectivity index (χ3n) is 3.90. The number of aliphatic hydroxyl groups is 3. The van der Waals surface area contributed by atoms with Crippen LogP contribution in [-0.4, -0.2) is 83.7 Å². The molecule has 0 spiro atoms. The lowest BCUT2D eigenvalue weighted by Gasteiger charge is -2.46. The molecule has 7 N–H and O–H groups in total. The summed E-state index contributed by atoms with van der Waals surface area (Å²) in [6, 6.07) is -1.07. The number of carbonyl (C=O) groups excluding carboxylic acids is 2. The Morgan fingerprint density at radius 2 is 2.16 bits per heavy atom. The van der Waals surface area contributed by atoms with Crippen molar-refractivity contribution in [2.75, 3.05) is 20.3 Å². The van der Waals surface area contributed by atoms with Gasteiger partial charge in [0.05, 0.1) is 25.9 Å². The van der Waals surface area contributed by atoms with Crippen LogP contribution in [0.3, 0.4) is 0 Å². The summed E-state index contributed by atoms with van der Waals surface area (Å²) in [5, 5.41) is 33.2. The number of ether oxygens (including phenoxy) is 3. The summed E-state index contributed by atoms with van der Waals surface area (Å²) in [4.78, 5) is 23.6. The number of hydrogen-bond acceptors (Lipinski definition) is 8. The monoisotopic (exact) mass is 363 g/mol. The molecule has 10 nitrogen and oxygen atoms in total. The molecule has 1 fully saturated rings. The second kappa shape index (κ2) is 9.22. The Morgan fingerprint density at radius 1 is 1.52 bits per heavy atom. The highest BCUT2D eigenvalue weighted by atomic mass is 16.7. The minimum atomic E-state index is -2.01. The van der Waals surface area contributed by atoms with Crippen molar-refractivity contribution in [3.63, 3.8) is 0 Å². The van der Waals surface area contributed by atoms with Crippen molar-refractivity contribution in [2.45, 2.75) is 49.6 Å². The van der Waals surface area contributed by atoms with Crippen LogP contribution in [0, 0.1) is 0 Å². The van der Waals surface area contributed by atoms with E-state index in [0.29, 0.717) is 0 Å². The highest BCUT2D eigenvalue weighted by Crippen LogP contribution is 2.34. The summed E-state index contributed by atoms with van der Waals surface area (Å²) < 4.78 is 15.7. The van der Waals surface area contributed by atoms with E-state index in [-0.39, 0.29) is 19.6 Å². The van der Waals surface area contributed by atoms with Gasteiger partial charge in [-0.05, 0) is 0 Å². The number of nitrogens with one attached hydrogen (secondary N) is 1. The average molecular weight is 363 g/mol. The molecule has 1 aliphatic rings. The molecule has 1 unspecified atom stereocenters. The molecule has 6 atom stereocenters. The third kappa shape index (κ3) is 4.97. The number of rotatable bonds is 8. The van der Waals surface area contributed by atoms with Crippen molar-refractivity contribution in [1.29, 1.82) is 0 Å². The molecule has 10 heteroatoms. The average Bonchev–Trinajstić information content (AvgIpc) is 2.59. The molecule has 0 aliphatic carbocycles. The zero-order valence-corrected chi connectivity index (χ0v) is 14.4. The van der Waals surface area contributed by atoms with Crippen LogP contribution in [0.1, 0.15) is 13.3 Å². The van der Waals surface area contributed by atoms with E-state index in [9.17, 15) is 24.9 Å². The Balaban J connectivity index is 3.23. The lowest BCUT2D eigenvalue weighted by molar-refractivity contribution is -0.393. The first-order chi connectivity index (χ1) is 11.7. The van der Waals surface area contributed by atoms with Gasteiger partial charge in [-0.15, -0.1) is 6.58 Å². The molecule has 1 aliphatic heterocycles. The SMILES string of the molecule is C=CCO[C@]1(C(=O)OC)C[C@@H](O)[C@H](NC(C)=O)C([C@H](O)[C@H](O)C[NH3+])O1. The van der Waals surface area contributed by atoms with E-state index in [1.165, 1.54) is 13.0 Å². The van der Waals surface area contributed by atoms with Crippen LogP contribution in [0.25, 0.3) is 0 Å². The molecular formula is C15H27N2O8+. The predicted molar refractivity (Wildman–Crippen MR) is 83.8 cm³/mol. The Labute approximate surface area is 145 Å². The lowest BCUT2D eigenvalue weighted by atomic mass is 9.88. The smallest absolute Gasteiger partial charge is 0.366 e. The lowest BCUT2D eigenvalue weighted by Crippen LogP contribution is -2.69. The van der Waals surface area contributed by atoms with Crippen LogP contribution < -0.4 is 11.1 Å². The summed E-state index contributed by atoms with van der Waals surface area (Å²) in [5.41, 5.74) is 3.49. The fourth-order valence-electron chi connectivity index (χ4n) is 2.68. The standard InChI is InChI=1S/C15H26N2O8/c1-4-5-24-15(14(22)23-3)6-9(19)11(17-8(2)18)13(25-15)12(21)10(20)7-16/h4,9-13,19-21H,1,5-7,16H2,2-3H3,(H,17,18)/p+1/t9-,10-,11+,12-,13?,15-/m1/s1. The molecule has 25 heavy (non-hydrogen) atoms. The highest BCUT2D eigenvalue weighted by Gasteiger charge is 2.56. The Kier molecular flexibility index (Phi) is 7.93. The third-order valence-corrected chi connectivity index (χ3v) is 3.90. The molecule has 1 amide bonds. The topological polar surface area (TPSA) is 162 Å². The normalized spacial score (nSPS) is 31.7. The van der Waals surface area contributed by atoms with Gasteiger partial charge >= 0.3 is 5.97 Å². The fraction of sp³-hybridized carbons (Fsp3) is 0.733. The highest BCUT2D eigenvalue weighted by molar-refractivity contribution is 5.78. The molecule has 1 saturated heterocycles. The quantitative estimate of drug-likeness (QED) is 0.221. The van der Waals surface area contributed by atoms with E-state index in [1.807, 2.05) is 0 Å². The van der Waals surface area contributed by atoms with Crippen molar-refractivity contribution in [2.24, 2.45) is 0 Å². The van der Waals surface area contributed by atoms with Crippen LogP contribution in [0.5, 0.6) is 0 Å². The van der Waals surface area contributed by atoms with Gasteiger partial charge in [0.15, 0.2) is 0 Å². The van der Waals surface area contributed by atoms with Crippen molar-refractivity contribution in [3.8, 4) is 0 Å². The molecule has 144 valence electrons. The van der Waals surface area contributed by atoms with E-state index in [4.69, 9.17) is 14.2 Å². The fourth-order valence-corrected chi connectivity index (χ4v) is 2.68. The van der Waals surface area contributed by atoms with Crippen LogP contribution in [0.15, 0.2) is 12.7 Å². The van der Waals surface area contributed by atoms with Crippen molar-refractivity contribution >= 4 is 11.9 Å². The zero-order chi connectivity index (χ0) is 19.2. The van der Waals surface area contributed by atoms with Crippen LogP contribution in [0.4, 0.5) is 0 Å². The van der Waals surface area contributed by atoms with Gasteiger partial charge in [-0.1, -0.05) is 6.08 Å². The first-order valence-corrected chi connectivity index (χ1v) is 7.84. The van der Waals surface area contributed by atoms with E-state index in [2.05, 4.69) is 17.6 Å². The molecule has 0 saturated carbocycles. The van der Waals surface area contributed by atoms with Gasteiger partial charge in [-0.25, -0.2) is 4.79 Å². The maximum atomic E-state index is 12.2. The molecular weight excluding hydrogens is 336 g/mol. The van der Waals surface area contributed by atoms with Gasteiger partial charge in [-0.3, -0.25) is 4.79 Å². The summed E-state index contributed by atoms with van der Waals surface area (Å²) >= 11 is 0. The minimum absolute atomic E-state index is 0.0529. The Bertz CT molecular complexity index is 488. The molecule has 1 heterocycles. The van der Waals surface area contributed by atoms with Crippen LogP contribution in [0.2, 0.25) is 0 Å². The number of quaternary nitrogens is 1. The number of aliphatic hydroxyl groups excluding tert-OH is 3. The molecule has 0 aromatic rings. The Morgan fingerprint density at radius 3 is 2.64 bits per heavy atom. The maximum Gasteiger partial charge on any atom is 0.366 e. The molecule has 0 aromatic carbocycles. The van der Waals surface area contributed by atoms with Gasteiger partial charge < -0.3 is 40.6 Å². The van der Waals surface area contributed by atoms with Crippen LogP contribution in [-0.2, 0) is 23.8 Å². The molecule has 0 aromatic heterocycles. The summed E-state index contributed by atoms with van der Waals surface area (Å²) in [5.74, 6) is -3.41. The van der Waals surface area contributed by atoms with Crippen molar-refractivity contribution < 1.29 is 44.9 Å². The van der Waals surface area contributed by atoms with Crippen molar-refractivity contribution in [1.82, 2.24) is 5.32 Å². The van der Waals surface area contributed by atoms with Crippen molar-refractivity contribution in [3.05, 3.63) is 12.7 Å². The second-order valence-electron chi connectivity index (χ2n) is 5.77. The second-order valence-corrected chi connectivity index (χ2v) is 5.77. The van der Waals surface area contributed by atoms with E-state index in [1.54, 1.807) is 0 Å². The first kappa shape index (κ1) is 21.5. The number of amides is 1. The number of carbonyl (C=O) groups is 2. The molecule has 0 radical (unpaired) electrons. The number of methoxy groups -OCH3 is 1. The Hall–Kier alpha value is -1.56. The van der Waals surface area contributed by atoms with E-state index >= 15 is 0 Å². The van der Waals surface area contributed by atoms with Gasteiger partial charge in [0.25, 0.3) is 5.79 Å². The number of esters is 1. The molecule has 0 bridgehead atoms. The molecule has 1 rings (SSSR count). The van der Waals surface area contributed by atoms with Gasteiger partial charge in [0.1, 0.15) is 24.9 Å². The summed E-state index contributed by atoms with van der Waals surface area (Å²) in [6.45, 7) is 4.56. The minimum Gasteiger partial charge on any atom is -0.465 e. The van der Waals surface area contributed by atoms with Gasteiger partial charge in [0.2, 0.25) is 5.91 Å². The van der Waals surface area contributed by atoms with E-state index < -0.39 is 48.1 Å². The van der Waals surface area contributed by atoms with Gasteiger partial charge in [0, 0.05) is 13.3 Å². The van der Waals surface area contributed by atoms with Crippen LogP contribution >= 0.6 is 0 Å². The predicted octanol–water partition coefficient (Wildman–Crippen LogP) is -3.32. The first-order valence-electron chi connectivity index (χ1n) is 7.84. The summed E-state index contributed by atoms with van der Waals surface area (Å²) in [7, 11) is 1.12. The van der Waals surface area contributed by atoms with E-state index in [0.717, 1.165) is 7.11 Å². The number of hydrogen-bond donors (Lipinski definition) is 5. The zero-order valence-electron chi connectivity index (χ0n) is 14.4. The summed E-state index contributed by atoms with van der Waals surface area (Å²) in [6.07, 6.45) is -4.47. The largest absolute Gasteiger partial charge is 0.465 e. The maximum absolute atomic E-state index is 12.2. The van der Waals surface area contributed by atoms with Gasteiger partial charge in [-0.2, -0.15) is 0 Å².